The van der Waals surface area contributed by atoms with Gasteiger partial charge in [-0.15, -0.1) is 0 Å². The van der Waals surface area contributed by atoms with Crippen LogP contribution in [0.15, 0.2) is 36.4 Å². The molecular formula is C21H30O3. The maximum atomic E-state index is 10.4. The first-order valence-electron chi connectivity index (χ1n) is 8.15. The van der Waals surface area contributed by atoms with Gasteiger partial charge in [-0.05, 0) is 41.0 Å². The maximum absolute atomic E-state index is 10.4. The lowest BCUT2D eigenvalue weighted by atomic mass is 9.78. The van der Waals surface area contributed by atoms with Gasteiger partial charge in [0, 0.05) is 0 Å². The first-order chi connectivity index (χ1) is 10.8. The highest BCUT2D eigenvalue weighted by atomic mass is 16.3. The largest absolute Gasteiger partial charge is 0.507 e. The van der Waals surface area contributed by atoms with E-state index in [1.54, 1.807) is 12.1 Å². The predicted molar refractivity (Wildman–Crippen MR) is 100 cm³/mol. The Bertz CT molecular complexity index is 633. The number of phenols is 3. The molecule has 0 fully saturated rings. The van der Waals surface area contributed by atoms with Crippen molar-refractivity contribution < 1.29 is 15.3 Å². The number of rotatable bonds is 0. The number of phenolic OH excluding ortho intramolecular Hbond substituents is 3. The molecule has 0 spiro atoms. The van der Waals surface area contributed by atoms with Gasteiger partial charge in [0.2, 0.25) is 0 Å². The van der Waals surface area contributed by atoms with Crippen LogP contribution in [0.5, 0.6) is 17.2 Å². The van der Waals surface area contributed by atoms with Gasteiger partial charge in [0.25, 0.3) is 0 Å². The predicted octanol–water partition coefficient (Wildman–Crippen LogP) is 5.39. The standard InChI is InChI=1S/C15H24O.C6H6O2/c1-10-8-11(14(2,3)4)13(16)12(9-10)15(5,6)7;7-5-3-1-2-4-6(5)8/h8-9,16H,1-7H3;1-4,7-8H. The van der Waals surface area contributed by atoms with Gasteiger partial charge in [0.1, 0.15) is 5.75 Å². The molecule has 0 heterocycles. The number of aryl methyl sites for hydroxylation is 1. The molecule has 0 aliphatic carbocycles. The first-order valence-corrected chi connectivity index (χ1v) is 8.15. The second-order valence-corrected chi connectivity index (χ2v) is 8.20. The van der Waals surface area contributed by atoms with Crippen molar-refractivity contribution in [2.45, 2.75) is 59.3 Å². The van der Waals surface area contributed by atoms with Crippen LogP contribution >= 0.6 is 0 Å². The summed E-state index contributed by atoms with van der Waals surface area (Å²) < 4.78 is 0. The highest BCUT2D eigenvalue weighted by molar-refractivity contribution is 5.49. The quantitative estimate of drug-likeness (QED) is 0.567. The van der Waals surface area contributed by atoms with Crippen LogP contribution in [0.3, 0.4) is 0 Å². The van der Waals surface area contributed by atoms with Gasteiger partial charge >= 0.3 is 0 Å². The fourth-order valence-corrected chi connectivity index (χ4v) is 2.39. The van der Waals surface area contributed by atoms with Crippen molar-refractivity contribution in [3.05, 3.63) is 53.1 Å². The fourth-order valence-electron chi connectivity index (χ4n) is 2.39. The van der Waals surface area contributed by atoms with Gasteiger partial charge in [-0.2, -0.15) is 0 Å². The van der Waals surface area contributed by atoms with E-state index >= 15 is 0 Å². The average molecular weight is 330 g/mol. The number of hydrogen-bond acceptors (Lipinski definition) is 3. The second-order valence-electron chi connectivity index (χ2n) is 8.20. The normalized spacial score (nSPS) is 11.6. The molecule has 0 aromatic heterocycles. The summed E-state index contributed by atoms with van der Waals surface area (Å²) in [5, 5.41) is 27.7. The third-order valence-electron chi connectivity index (χ3n) is 3.75. The highest BCUT2D eigenvalue weighted by Crippen LogP contribution is 2.39. The molecule has 0 atom stereocenters. The lowest BCUT2D eigenvalue weighted by Gasteiger charge is -2.27. The first kappa shape index (κ1) is 19.9. The molecule has 3 N–H and O–H groups in total. The van der Waals surface area contributed by atoms with Crippen LogP contribution in [0.1, 0.15) is 58.2 Å². The Morgan fingerprint density at radius 2 is 1.00 bits per heavy atom. The maximum Gasteiger partial charge on any atom is 0.157 e. The molecule has 3 nitrogen and oxygen atoms in total. The Balaban J connectivity index is 0.000000300. The summed E-state index contributed by atoms with van der Waals surface area (Å²) >= 11 is 0. The molecule has 2 rings (SSSR count). The molecule has 0 radical (unpaired) electrons. The molecule has 0 amide bonds. The minimum Gasteiger partial charge on any atom is -0.507 e. The monoisotopic (exact) mass is 330 g/mol. The van der Waals surface area contributed by atoms with Crippen molar-refractivity contribution in [3.8, 4) is 17.2 Å². The zero-order valence-electron chi connectivity index (χ0n) is 15.8. The summed E-state index contributed by atoms with van der Waals surface area (Å²) in [5.41, 5.74) is 3.26. The average Bonchev–Trinajstić information content (AvgIpc) is 2.42. The molecule has 0 unspecified atom stereocenters. The topological polar surface area (TPSA) is 60.7 Å². The van der Waals surface area contributed by atoms with E-state index in [4.69, 9.17) is 10.2 Å². The molecule has 2 aromatic carbocycles. The highest BCUT2D eigenvalue weighted by Gasteiger charge is 2.25. The molecule has 2 aromatic rings. The van der Waals surface area contributed by atoms with E-state index in [0.29, 0.717) is 5.75 Å². The van der Waals surface area contributed by atoms with E-state index in [0.717, 1.165) is 11.1 Å². The van der Waals surface area contributed by atoms with E-state index < -0.39 is 0 Å². The van der Waals surface area contributed by atoms with Crippen molar-refractivity contribution in [1.82, 2.24) is 0 Å². The van der Waals surface area contributed by atoms with Gasteiger partial charge < -0.3 is 15.3 Å². The summed E-state index contributed by atoms with van der Waals surface area (Å²) in [7, 11) is 0. The van der Waals surface area contributed by atoms with E-state index in [1.807, 2.05) is 0 Å². The Hall–Kier alpha value is -2.16. The van der Waals surface area contributed by atoms with Crippen LogP contribution in [-0.4, -0.2) is 15.3 Å². The Morgan fingerprint density at radius 3 is 1.25 bits per heavy atom. The van der Waals surface area contributed by atoms with Crippen molar-refractivity contribution in [3.63, 3.8) is 0 Å². The smallest absolute Gasteiger partial charge is 0.157 e. The molecule has 3 heteroatoms. The Morgan fingerprint density at radius 1 is 0.667 bits per heavy atom. The third-order valence-corrected chi connectivity index (χ3v) is 3.75. The van der Waals surface area contributed by atoms with Gasteiger partial charge in [-0.3, -0.25) is 0 Å². The number of aromatic hydroxyl groups is 3. The van der Waals surface area contributed by atoms with Crippen molar-refractivity contribution >= 4 is 0 Å². The molecular weight excluding hydrogens is 300 g/mol. The zero-order chi connectivity index (χ0) is 18.7. The summed E-state index contributed by atoms with van der Waals surface area (Å²) in [4.78, 5) is 0. The lowest BCUT2D eigenvalue weighted by molar-refractivity contribution is 0.404. The molecule has 0 aliphatic heterocycles. The number of hydrogen-bond donors (Lipinski definition) is 3. The van der Waals surface area contributed by atoms with E-state index in [1.165, 1.54) is 17.7 Å². The van der Waals surface area contributed by atoms with Crippen LogP contribution in [0.4, 0.5) is 0 Å². The Kier molecular flexibility index (Phi) is 5.94. The number of para-hydroxylation sites is 2. The van der Waals surface area contributed by atoms with E-state index in [2.05, 4.69) is 60.6 Å². The molecule has 0 bridgehead atoms. The molecule has 24 heavy (non-hydrogen) atoms. The van der Waals surface area contributed by atoms with Gasteiger partial charge in [-0.1, -0.05) is 71.4 Å². The van der Waals surface area contributed by atoms with Gasteiger partial charge in [0.05, 0.1) is 0 Å². The minimum atomic E-state index is -0.0764. The zero-order valence-corrected chi connectivity index (χ0v) is 15.8. The van der Waals surface area contributed by atoms with Crippen LogP contribution < -0.4 is 0 Å². The van der Waals surface area contributed by atoms with Crippen LogP contribution in [0.2, 0.25) is 0 Å². The van der Waals surface area contributed by atoms with Gasteiger partial charge in [0.15, 0.2) is 11.5 Å². The summed E-state index contributed by atoms with van der Waals surface area (Å²) in [5.74, 6) is 0.311. The van der Waals surface area contributed by atoms with Crippen molar-refractivity contribution in [2.75, 3.05) is 0 Å². The molecule has 0 saturated carbocycles. The summed E-state index contributed by atoms with van der Waals surface area (Å²) in [6.45, 7) is 14.9. The molecule has 0 aliphatic rings. The third kappa shape index (κ3) is 5.19. The van der Waals surface area contributed by atoms with Crippen molar-refractivity contribution in [2.24, 2.45) is 0 Å². The second kappa shape index (κ2) is 7.16. The van der Waals surface area contributed by atoms with E-state index in [9.17, 15) is 5.11 Å². The number of benzene rings is 2. The SMILES string of the molecule is Cc1cc(C(C)(C)C)c(O)c(C(C)(C)C)c1.Oc1ccccc1O. The van der Waals surface area contributed by atoms with Crippen molar-refractivity contribution in [1.29, 1.82) is 0 Å². The van der Waals surface area contributed by atoms with E-state index in [-0.39, 0.29) is 22.3 Å². The van der Waals surface area contributed by atoms with Crippen LogP contribution in [-0.2, 0) is 10.8 Å². The lowest BCUT2D eigenvalue weighted by Crippen LogP contribution is -2.17. The Labute approximate surface area is 145 Å². The van der Waals surface area contributed by atoms with Crippen LogP contribution in [0.25, 0.3) is 0 Å². The molecule has 0 saturated heterocycles. The summed E-state index contributed by atoms with van der Waals surface area (Å²) in [6.07, 6.45) is 0. The summed E-state index contributed by atoms with van der Waals surface area (Å²) in [6, 6.07) is 10.3. The van der Waals surface area contributed by atoms with Crippen LogP contribution in [0, 0.1) is 6.92 Å². The molecule has 132 valence electrons. The fraction of sp³-hybridized carbons (Fsp3) is 0.429. The minimum absolute atomic E-state index is 0.0178. The van der Waals surface area contributed by atoms with Gasteiger partial charge in [-0.25, -0.2) is 0 Å².